The van der Waals surface area contributed by atoms with Crippen molar-refractivity contribution >= 4 is 17.6 Å². The minimum atomic E-state index is -0.633. The van der Waals surface area contributed by atoms with E-state index in [9.17, 15) is 9.59 Å². The first-order valence-corrected chi connectivity index (χ1v) is 8.41. The number of methoxy groups -OCH3 is 1. The SMILES string of the molecule is CCOC(=O)CN(C)C(C(=O)Nc1cccc(OC)c1)c1ccccc1. The Balaban J connectivity index is 2.22. The quantitative estimate of drug-likeness (QED) is 0.737. The second-order valence-corrected chi connectivity index (χ2v) is 5.75. The van der Waals surface area contributed by atoms with E-state index in [1.165, 1.54) is 0 Å². The number of anilines is 1. The minimum Gasteiger partial charge on any atom is -0.497 e. The molecule has 0 spiro atoms. The van der Waals surface area contributed by atoms with Crippen LogP contribution < -0.4 is 10.1 Å². The van der Waals surface area contributed by atoms with Crippen LogP contribution in [0.2, 0.25) is 0 Å². The molecular formula is C20H24N2O4. The average molecular weight is 356 g/mol. The van der Waals surface area contributed by atoms with Gasteiger partial charge in [0.2, 0.25) is 5.91 Å². The lowest BCUT2D eigenvalue weighted by Crippen LogP contribution is -2.38. The van der Waals surface area contributed by atoms with E-state index in [1.807, 2.05) is 30.3 Å². The first-order chi connectivity index (χ1) is 12.5. The zero-order valence-corrected chi connectivity index (χ0v) is 15.3. The van der Waals surface area contributed by atoms with Crippen molar-refractivity contribution in [2.45, 2.75) is 13.0 Å². The van der Waals surface area contributed by atoms with Gasteiger partial charge in [0.1, 0.15) is 11.8 Å². The standard InChI is InChI=1S/C20H24N2O4/c1-4-26-18(23)14-22(2)19(15-9-6-5-7-10-15)20(24)21-16-11-8-12-17(13-16)25-3/h5-13,19H,4,14H2,1-3H3,(H,21,24). The van der Waals surface area contributed by atoms with Crippen LogP contribution in [-0.2, 0) is 14.3 Å². The molecule has 6 heteroatoms. The number of rotatable bonds is 8. The molecule has 1 N–H and O–H groups in total. The summed E-state index contributed by atoms with van der Waals surface area (Å²) in [6, 6.07) is 15.8. The van der Waals surface area contributed by atoms with Gasteiger partial charge in [-0.1, -0.05) is 36.4 Å². The summed E-state index contributed by atoms with van der Waals surface area (Å²) in [5, 5.41) is 2.89. The highest BCUT2D eigenvalue weighted by atomic mass is 16.5. The Kier molecular flexibility index (Phi) is 7.17. The van der Waals surface area contributed by atoms with E-state index in [1.54, 1.807) is 50.2 Å². The minimum absolute atomic E-state index is 0.0128. The Labute approximate surface area is 153 Å². The van der Waals surface area contributed by atoms with Crippen LogP contribution in [0, 0.1) is 0 Å². The lowest BCUT2D eigenvalue weighted by atomic mass is 10.0. The maximum Gasteiger partial charge on any atom is 0.320 e. The Bertz CT molecular complexity index is 734. The molecule has 1 amide bonds. The lowest BCUT2D eigenvalue weighted by Gasteiger charge is -2.26. The molecule has 0 aliphatic rings. The molecule has 0 aliphatic heterocycles. The highest BCUT2D eigenvalue weighted by molar-refractivity contribution is 5.96. The van der Waals surface area contributed by atoms with Crippen molar-refractivity contribution in [3.05, 3.63) is 60.2 Å². The van der Waals surface area contributed by atoms with Crippen LogP contribution in [0.25, 0.3) is 0 Å². The molecule has 0 aromatic heterocycles. The van der Waals surface area contributed by atoms with Gasteiger partial charge < -0.3 is 14.8 Å². The molecule has 0 saturated carbocycles. The highest BCUT2D eigenvalue weighted by Crippen LogP contribution is 2.23. The highest BCUT2D eigenvalue weighted by Gasteiger charge is 2.27. The van der Waals surface area contributed by atoms with E-state index in [0.717, 1.165) is 5.56 Å². The van der Waals surface area contributed by atoms with Gasteiger partial charge >= 0.3 is 5.97 Å². The number of ether oxygens (including phenoxy) is 2. The molecule has 1 unspecified atom stereocenters. The Morgan fingerprint density at radius 2 is 1.85 bits per heavy atom. The average Bonchev–Trinajstić information content (AvgIpc) is 2.63. The monoisotopic (exact) mass is 356 g/mol. The number of hydrogen-bond donors (Lipinski definition) is 1. The fraction of sp³-hybridized carbons (Fsp3) is 0.300. The summed E-state index contributed by atoms with van der Waals surface area (Å²) in [7, 11) is 3.29. The second-order valence-electron chi connectivity index (χ2n) is 5.75. The van der Waals surface area contributed by atoms with Crippen LogP contribution in [0.15, 0.2) is 54.6 Å². The fourth-order valence-electron chi connectivity index (χ4n) is 2.65. The summed E-state index contributed by atoms with van der Waals surface area (Å²) in [5.74, 6) is 0.0419. The van der Waals surface area contributed by atoms with Crippen LogP contribution in [0.3, 0.4) is 0 Å². The third kappa shape index (κ3) is 5.32. The molecule has 138 valence electrons. The molecule has 2 aromatic carbocycles. The molecule has 0 heterocycles. The van der Waals surface area contributed by atoms with E-state index in [-0.39, 0.29) is 18.4 Å². The molecule has 0 bridgehead atoms. The van der Waals surface area contributed by atoms with Gasteiger partial charge in [0.15, 0.2) is 0 Å². The van der Waals surface area contributed by atoms with Gasteiger partial charge in [-0.3, -0.25) is 14.5 Å². The number of esters is 1. The topological polar surface area (TPSA) is 67.9 Å². The largest absolute Gasteiger partial charge is 0.497 e. The van der Waals surface area contributed by atoms with Gasteiger partial charge in [-0.05, 0) is 31.7 Å². The van der Waals surface area contributed by atoms with Crippen LogP contribution in [0.1, 0.15) is 18.5 Å². The molecule has 0 radical (unpaired) electrons. The van der Waals surface area contributed by atoms with Gasteiger partial charge in [-0.2, -0.15) is 0 Å². The molecule has 2 aromatic rings. The summed E-state index contributed by atoms with van der Waals surface area (Å²) in [6.45, 7) is 2.07. The zero-order valence-electron chi connectivity index (χ0n) is 15.3. The molecule has 2 rings (SSSR count). The number of nitrogens with zero attached hydrogens (tertiary/aromatic N) is 1. The normalized spacial score (nSPS) is 11.7. The molecule has 0 aliphatic carbocycles. The van der Waals surface area contributed by atoms with Crippen molar-refractivity contribution in [2.24, 2.45) is 0 Å². The molecular weight excluding hydrogens is 332 g/mol. The summed E-state index contributed by atoms with van der Waals surface area (Å²) in [4.78, 5) is 26.5. The van der Waals surface area contributed by atoms with E-state index in [2.05, 4.69) is 5.32 Å². The van der Waals surface area contributed by atoms with Crippen LogP contribution in [0.4, 0.5) is 5.69 Å². The summed E-state index contributed by atoms with van der Waals surface area (Å²) >= 11 is 0. The van der Waals surface area contributed by atoms with Gasteiger partial charge in [0, 0.05) is 11.8 Å². The van der Waals surface area contributed by atoms with Crippen LogP contribution >= 0.6 is 0 Å². The maximum atomic E-state index is 12.9. The smallest absolute Gasteiger partial charge is 0.320 e. The lowest BCUT2D eigenvalue weighted by molar-refractivity contribution is -0.145. The van der Waals surface area contributed by atoms with Crippen molar-refractivity contribution in [3.63, 3.8) is 0 Å². The molecule has 0 fully saturated rings. The number of amides is 1. The summed E-state index contributed by atoms with van der Waals surface area (Å²) < 4.78 is 10.2. The third-order valence-corrected chi connectivity index (χ3v) is 3.83. The van der Waals surface area contributed by atoms with Gasteiger partial charge in [0.05, 0.1) is 20.3 Å². The Morgan fingerprint density at radius 1 is 1.12 bits per heavy atom. The predicted molar refractivity (Wildman–Crippen MR) is 100 cm³/mol. The van der Waals surface area contributed by atoms with Crippen molar-refractivity contribution < 1.29 is 19.1 Å². The number of hydrogen-bond acceptors (Lipinski definition) is 5. The van der Waals surface area contributed by atoms with Crippen molar-refractivity contribution in [1.82, 2.24) is 4.90 Å². The van der Waals surface area contributed by atoms with Crippen molar-refractivity contribution in [3.8, 4) is 5.75 Å². The van der Waals surface area contributed by atoms with E-state index >= 15 is 0 Å². The van der Waals surface area contributed by atoms with Crippen LogP contribution in [0.5, 0.6) is 5.75 Å². The number of carbonyl (C=O) groups excluding carboxylic acids is 2. The second kappa shape index (κ2) is 9.58. The number of carbonyl (C=O) groups is 2. The number of likely N-dealkylation sites (N-methyl/N-ethyl adjacent to an activating group) is 1. The summed E-state index contributed by atoms with van der Waals surface area (Å²) in [5.41, 5.74) is 1.42. The molecule has 0 saturated heterocycles. The van der Waals surface area contributed by atoms with Crippen molar-refractivity contribution in [2.75, 3.05) is 32.6 Å². The van der Waals surface area contributed by atoms with Gasteiger partial charge in [-0.15, -0.1) is 0 Å². The van der Waals surface area contributed by atoms with E-state index < -0.39 is 6.04 Å². The van der Waals surface area contributed by atoms with E-state index in [0.29, 0.717) is 18.0 Å². The van der Waals surface area contributed by atoms with Gasteiger partial charge in [0.25, 0.3) is 0 Å². The molecule has 6 nitrogen and oxygen atoms in total. The Morgan fingerprint density at radius 3 is 2.50 bits per heavy atom. The van der Waals surface area contributed by atoms with Crippen LogP contribution in [-0.4, -0.2) is 44.1 Å². The first kappa shape index (κ1) is 19.5. The third-order valence-electron chi connectivity index (χ3n) is 3.83. The van der Waals surface area contributed by atoms with E-state index in [4.69, 9.17) is 9.47 Å². The zero-order chi connectivity index (χ0) is 18.9. The maximum absolute atomic E-state index is 12.9. The molecule has 26 heavy (non-hydrogen) atoms. The first-order valence-electron chi connectivity index (χ1n) is 8.41. The molecule has 1 atom stereocenters. The van der Waals surface area contributed by atoms with Gasteiger partial charge in [-0.25, -0.2) is 0 Å². The fourth-order valence-corrected chi connectivity index (χ4v) is 2.65. The van der Waals surface area contributed by atoms with Crippen molar-refractivity contribution in [1.29, 1.82) is 0 Å². The Hall–Kier alpha value is -2.86. The summed E-state index contributed by atoms with van der Waals surface area (Å²) in [6.07, 6.45) is 0. The number of nitrogens with one attached hydrogen (secondary N) is 1. The number of benzene rings is 2. The predicted octanol–water partition coefficient (Wildman–Crippen LogP) is 2.87.